The van der Waals surface area contributed by atoms with Crippen LogP contribution in [0.4, 0.5) is 24.0 Å². The van der Waals surface area contributed by atoms with Crippen molar-refractivity contribution < 1.29 is 111 Å². The number of carbonyl (C=O) groups excluding carboxylic acids is 16. The van der Waals surface area contributed by atoms with Gasteiger partial charge in [-0.05, 0) is 187 Å². The van der Waals surface area contributed by atoms with Gasteiger partial charge in [0.05, 0.1) is 24.3 Å². The number of Topliss-reactive ketones (excluding diaryl/α,β-unsaturated/α-hetero) is 1. The molecule has 1 fully saturated rings. The van der Waals surface area contributed by atoms with Gasteiger partial charge < -0.3 is 119 Å². The zero-order valence-electron chi connectivity index (χ0n) is 73.7. The third-order valence-corrected chi connectivity index (χ3v) is 17.4. The van der Waals surface area contributed by atoms with E-state index in [1.54, 1.807) is 148 Å². The molecule has 0 radical (unpaired) electrons. The lowest BCUT2D eigenvalue weighted by molar-refractivity contribution is -0.137. The molecule has 0 aromatic heterocycles. The van der Waals surface area contributed by atoms with Crippen molar-refractivity contribution in [3.05, 3.63) is 35.9 Å². The van der Waals surface area contributed by atoms with E-state index in [1.165, 1.54) is 0 Å². The van der Waals surface area contributed by atoms with Crippen LogP contribution in [0.3, 0.4) is 0 Å². The molecule has 19 N–H and O–H groups in total. The molecule has 39 nitrogen and oxygen atoms in total. The van der Waals surface area contributed by atoms with Crippen molar-refractivity contribution in [1.82, 2.24) is 79.8 Å². The SMILES string of the molecule is CCCCCC[C@H](N)C(=O)N[C@@H](CCNC(=O)OC(C)(C)C)C(=O)N[C@H](C(=O)N[C@@H](CCNC(=O)OC(C)(C)C)C(=O)NC1CCNC(=O)[C@H]([C@@H](C)O)NC(=O)[C@H](CCNC(=O)OC(C)(C)C)NC(=O)[C@H](CCNC(=O)OC(C)(C)C)NC(=O)[C@H](CC(C)C)CC(=O)[C@@H](Cc2ccccc2)NC(=O)[C@H](CCNC(=O)OC(C)(C)C)NC1=O)C(C)O. The molecule has 1 aromatic rings. The van der Waals surface area contributed by atoms with E-state index < -0.39 is 254 Å². The van der Waals surface area contributed by atoms with Crippen LogP contribution in [0.25, 0.3) is 0 Å². The number of hydrogen-bond acceptors (Lipinski definition) is 24. The lowest BCUT2D eigenvalue weighted by atomic mass is 9.88. The Morgan fingerprint density at radius 1 is 0.467 bits per heavy atom. The molecule has 1 aliphatic rings. The van der Waals surface area contributed by atoms with Gasteiger partial charge in [0.2, 0.25) is 59.1 Å². The number of hydrogen-bond donors (Lipinski definition) is 18. The third-order valence-electron chi connectivity index (χ3n) is 17.4. The fourth-order valence-electron chi connectivity index (χ4n) is 11.7. The predicted molar refractivity (Wildman–Crippen MR) is 442 cm³/mol. The molecule has 0 saturated carbocycles. The molecule has 2 rings (SSSR count). The quantitative estimate of drug-likeness (QED) is 0.0348. The Hall–Kier alpha value is -10.2. The normalized spacial score (nSPS) is 20.0. The minimum Gasteiger partial charge on any atom is -0.444 e. The smallest absolute Gasteiger partial charge is 0.407 e. The summed E-state index contributed by atoms with van der Waals surface area (Å²) in [4.78, 5) is 228. The standard InChI is InChI=1S/C81H138N16O23/c1-21-22-23-27-30-51(82)63(102)90-56(35-41-87-75(114)119-80(15,16)17)68(107)97-61(48(5)99)71(110)94-55(34-40-86-74(113)118-79(12,13)14)66(105)91-53-31-37-83-70(109)60(47(4)98)96-69(108)57(36-42-88-76(115)120-81(18,19)20)93-64(103)52(32-38-84-72(111)116-77(6,7)8)89-62(101)50(43-46(2)3)45-59(100)58(44-49-28-25-24-26-29-49)95-67(106)54(92-65(53)104)33-39-85-73(112)117-78(9,10)11/h24-26,28-29,46-48,50-58,60-61,98-99H,21-23,27,30-45,82H2,1-20H3,(H,83,109)(H,84,111)(H,85,112)(H,86,113)(H,87,114)(H,88,115)(H,89,101)(H,90,102)(H,91,105)(H,92,104)(H,93,103)(H,94,110)(H,95,106)(H,96,108)(H,97,107)/t47-,48?,50-,51+,52+,53?,54+,55+,56+,57+,58-,60+,61+/m1/s1. The molecule has 15 amide bonds. The van der Waals surface area contributed by atoms with Gasteiger partial charge in [-0.15, -0.1) is 0 Å². The Labute approximate surface area is 704 Å². The molecule has 680 valence electrons. The Balaban J connectivity index is 3.12. The van der Waals surface area contributed by atoms with Crippen LogP contribution in [0.2, 0.25) is 0 Å². The molecule has 1 aliphatic heterocycles. The summed E-state index contributed by atoms with van der Waals surface area (Å²) in [6.45, 7) is 29.1. The lowest BCUT2D eigenvalue weighted by Gasteiger charge is -2.29. The fourth-order valence-corrected chi connectivity index (χ4v) is 11.7. The molecule has 120 heavy (non-hydrogen) atoms. The average Bonchev–Trinajstić information content (AvgIpc) is 0.994. The Kier molecular flexibility index (Phi) is 44.8. The minimum absolute atomic E-state index is 0.0164. The van der Waals surface area contributed by atoms with Crippen LogP contribution in [0.5, 0.6) is 0 Å². The number of unbranched alkanes of at least 4 members (excludes halogenated alkanes) is 3. The molecule has 1 heterocycles. The number of ketones is 1. The Morgan fingerprint density at radius 2 is 0.867 bits per heavy atom. The van der Waals surface area contributed by atoms with Crippen LogP contribution in [-0.4, -0.2) is 245 Å². The number of benzene rings is 1. The monoisotopic (exact) mass is 1700 g/mol. The first kappa shape index (κ1) is 106. The molecule has 1 saturated heterocycles. The van der Waals surface area contributed by atoms with Crippen LogP contribution >= 0.6 is 0 Å². The fraction of sp³-hybridized carbons (Fsp3) is 0.728. The largest absolute Gasteiger partial charge is 0.444 e. The maximum Gasteiger partial charge on any atom is 0.407 e. The number of aliphatic hydroxyl groups is 2. The number of rotatable bonds is 34. The second-order valence-corrected chi connectivity index (χ2v) is 35.2. The second-order valence-electron chi connectivity index (χ2n) is 35.2. The molecule has 2 unspecified atom stereocenters. The number of ether oxygens (including phenoxy) is 5. The van der Waals surface area contributed by atoms with Gasteiger partial charge in [0.25, 0.3) is 0 Å². The predicted octanol–water partition coefficient (Wildman–Crippen LogP) is 2.37. The summed E-state index contributed by atoms with van der Waals surface area (Å²) in [5.74, 6) is -13.2. The van der Waals surface area contributed by atoms with Gasteiger partial charge in [0.15, 0.2) is 5.78 Å². The van der Waals surface area contributed by atoms with Crippen molar-refractivity contribution in [2.24, 2.45) is 17.6 Å². The molecular weight excluding hydrogens is 1560 g/mol. The van der Waals surface area contributed by atoms with Crippen LogP contribution in [0.1, 0.15) is 228 Å². The Bertz CT molecular complexity index is 3550. The Morgan fingerprint density at radius 3 is 1.28 bits per heavy atom. The maximum absolute atomic E-state index is 15.4. The first-order valence-electron chi connectivity index (χ1n) is 41.1. The van der Waals surface area contributed by atoms with Gasteiger partial charge >= 0.3 is 30.5 Å². The lowest BCUT2D eigenvalue weighted by Crippen LogP contribution is -2.62. The van der Waals surface area contributed by atoms with Gasteiger partial charge in [0, 0.05) is 51.6 Å². The van der Waals surface area contributed by atoms with Crippen molar-refractivity contribution >= 4 is 95.3 Å². The zero-order chi connectivity index (χ0) is 91.2. The number of amides is 15. The summed E-state index contributed by atoms with van der Waals surface area (Å²) >= 11 is 0. The molecule has 0 aliphatic carbocycles. The third kappa shape index (κ3) is 45.3. The van der Waals surface area contributed by atoms with Crippen molar-refractivity contribution in [1.29, 1.82) is 0 Å². The summed E-state index contributed by atoms with van der Waals surface area (Å²) in [5.41, 5.74) is 1.82. The molecule has 0 spiro atoms. The number of nitrogens with two attached hydrogens (primary N) is 1. The highest BCUT2D eigenvalue weighted by molar-refractivity contribution is 6.00. The van der Waals surface area contributed by atoms with E-state index in [0.29, 0.717) is 12.0 Å². The van der Waals surface area contributed by atoms with E-state index in [-0.39, 0.29) is 57.7 Å². The van der Waals surface area contributed by atoms with Crippen LogP contribution in [0.15, 0.2) is 30.3 Å². The summed E-state index contributed by atoms with van der Waals surface area (Å²) in [5, 5.41) is 60.6. The van der Waals surface area contributed by atoms with E-state index in [0.717, 1.165) is 33.1 Å². The topological polar surface area (TPSA) is 566 Å². The number of aliphatic hydroxyl groups excluding tert-OH is 2. The minimum atomic E-state index is -1.97. The number of alkyl carbamates (subject to hydrolysis) is 5. The van der Waals surface area contributed by atoms with E-state index in [1.807, 2.05) is 6.92 Å². The summed E-state index contributed by atoms with van der Waals surface area (Å²) in [6, 6.07) is -8.71. The average molecular weight is 1700 g/mol. The number of nitrogens with one attached hydrogen (secondary N) is 15. The van der Waals surface area contributed by atoms with Gasteiger partial charge in [-0.1, -0.05) is 76.8 Å². The van der Waals surface area contributed by atoms with Crippen molar-refractivity contribution in [3.63, 3.8) is 0 Å². The molecule has 39 heteroatoms. The second kappa shape index (κ2) is 50.8. The molecule has 13 atom stereocenters. The zero-order valence-corrected chi connectivity index (χ0v) is 73.7. The van der Waals surface area contributed by atoms with Crippen molar-refractivity contribution in [2.45, 2.75) is 329 Å². The van der Waals surface area contributed by atoms with Gasteiger partial charge in [-0.2, -0.15) is 0 Å². The highest BCUT2D eigenvalue weighted by atomic mass is 16.6. The number of carbonyl (C=O) groups is 16. The van der Waals surface area contributed by atoms with Crippen molar-refractivity contribution in [3.8, 4) is 0 Å². The van der Waals surface area contributed by atoms with E-state index in [4.69, 9.17) is 29.4 Å². The van der Waals surface area contributed by atoms with E-state index in [2.05, 4.69) is 79.8 Å². The van der Waals surface area contributed by atoms with Gasteiger partial charge in [-0.3, -0.25) is 52.7 Å². The molecule has 1 aromatic carbocycles. The maximum atomic E-state index is 15.4. The van der Waals surface area contributed by atoms with Crippen molar-refractivity contribution in [2.75, 3.05) is 39.3 Å². The first-order valence-corrected chi connectivity index (χ1v) is 41.1. The molecule has 0 bridgehead atoms. The summed E-state index contributed by atoms with van der Waals surface area (Å²) in [6.07, 6.45) is -8.60. The molecular formula is C81H138N16O23. The van der Waals surface area contributed by atoms with Gasteiger partial charge in [-0.25, -0.2) is 24.0 Å². The first-order chi connectivity index (χ1) is 55.6. The van der Waals surface area contributed by atoms with E-state index >= 15 is 19.2 Å². The van der Waals surface area contributed by atoms with Crippen LogP contribution in [-0.2, 0) is 82.8 Å². The summed E-state index contributed by atoms with van der Waals surface area (Å²) < 4.78 is 27.0. The highest BCUT2D eigenvalue weighted by Gasteiger charge is 2.40. The summed E-state index contributed by atoms with van der Waals surface area (Å²) in [7, 11) is 0. The van der Waals surface area contributed by atoms with Crippen LogP contribution < -0.4 is 85.5 Å². The van der Waals surface area contributed by atoms with E-state index in [9.17, 15) is 67.7 Å². The highest BCUT2D eigenvalue weighted by Crippen LogP contribution is 2.21. The van der Waals surface area contributed by atoms with Gasteiger partial charge in [0.1, 0.15) is 76.3 Å². The van der Waals surface area contributed by atoms with Crippen LogP contribution in [0, 0.1) is 11.8 Å².